The Hall–Kier alpha value is -4.97. The fourth-order valence-corrected chi connectivity index (χ4v) is 5.28. The third-order valence-corrected chi connectivity index (χ3v) is 8.07. The lowest BCUT2D eigenvalue weighted by atomic mass is 10.1. The number of carbonyl (C=O) groups is 2. The Morgan fingerprint density at radius 1 is 0.864 bits per heavy atom. The van der Waals surface area contributed by atoms with E-state index >= 15 is 0 Å². The zero-order valence-electron chi connectivity index (χ0n) is 24.0. The zero-order valence-corrected chi connectivity index (χ0v) is 24.8. The Morgan fingerprint density at radius 3 is 2.11 bits per heavy atom. The molecule has 9 nitrogen and oxygen atoms in total. The smallest absolute Gasteiger partial charge is 0.261 e. The number of methoxy groups -OCH3 is 1. The van der Waals surface area contributed by atoms with Gasteiger partial charge < -0.3 is 19.7 Å². The molecule has 0 spiro atoms. The topological polar surface area (TPSA) is 114 Å². The van der Waals surface area contributed by atoms with E-state index in [-0.39, 0.29) is 29.4 Å². The molecule has 4 aromatic rings. The van der Waals surface area contributed by atoms with Crippen molar-refractivity contribution in [3.05, 3.63) is 120 Å². The van der Waals surface area contributed by atoms with Crippen LogP contribution in [-0.2, 0) is 32.7 Å². The maximum Gasteiger partial charge on any atom is 0.261 e. The quantitative estimate of drug-likeness (QED) is 0.219. The molecule has 0 heterocycles. The third kappa shape index (κ3) is 8.54. The Labute approximate surface area is 254 Å². The monoisotopic (exact) mass is 623 g/mol. The number of hydrogen-bond donors (Lipinski definition) is 2. The molecule has 0 aliphatic heterocycles. The molecule has 2 N–H and O–H groups in total. The van der Waals surface area contributed by atoms with Gasteiger partial charge in [0, 0.05) is 24.3 Å². The molecule has 4 aromatic carbocycles. The first-order valence-electron chi connectivity index (χ1n) is 13.5. The van der Waals surface area contributed by atoms with E-state index in [1.807, 2.05) is 18.2 Å². The molecule has 0 saturated heterocycles. The van der Waals surface area contributed by atoms with Gasteiger partial charge in [-0.25, -0.2) is 17.2 Å². The summed E-state index contributed by atoms with van der Waals surface area (Å²) >= 11 is 0. The van der Waals surface area contributed by atoms with Crippen LogP contribution in [0.25, 0.3) is 0 Å². The van der Waals surface area contributed by atoms with Gasteiger partial charge in [0.15, 0.2) is 6.61 Å². The fraction of sp³-hybridized carbons (Fsp3) is 0.188. The summed E-state index contributed by atoms with van der Waals surface area (Å²) in [4.78, 5) is 27.7. The third-order valence-electron chi connectivity index (χ3n) is 6.67. The lowest BCUT2D eigenvalue weighted by molar-refractivity contribution is -0.142. The number of halogens is 2. The van der Waals surface area contributed by atoms with Crippen LogP contribution in [0.2, 0.25) is 0 Å². The van der Waals surface area contributed by atoms with Gasteiger partial charge in [-0.15, -0.1) is 0 Å². The first kappa shape index (κ1) is 32.0. The molecule has 0 aliphatic rings. The van der Waals surface area contributed by atoms with Gasteiger partial charge in [0.1, 0.15) is 29.2 Å². The van der Waals surface area contributed by atoms with Crippen molar-refractivity contribution in [3.63, 3.8) is 0 Å². The van der Waals surface area contributed by atoms with Crippen molar-refractivity contribution in [1.29, 1.82) is 0 Å². The summed E-state index contributed by atoms with van der Waals surface area (Å²) in [6.07, 6.45) is 0. The Kier molecular flexibility index (Phi) is 10.5. The van der Waals surface area contributed by atoms with Crippen molar-refractivity contribution < 1.29 is 36.3 Å². The van der Waals surface area contributed by atoms with Crippen molar-refractivity contribution >= 4 is 27.5 Å². The highest BCUT2D eigenvalue weighted by molar-refractivity contribution is 7.92. The van der Waals surface area contributed by atoms with Gasteiger partial charge in [-0.2, -0.15) is 0 Å². The van der Waals surface area contributed by atoms with Gasteiger partial charge in [0.05, 0.1) is 12.0 Å². The second-order valence-electron chi connectivity index (χ2n) is 9.73. The zero-order chi connectivity index (χ0) is 31.7. The van der Waals surface area contributed by atoms with Crippen LogP contribution in [-0.4, -0.2) is 44.9 Å². The molecule has 0 saturated carbocycles. The molecule has 0 unspecified atom stereocenters. The fourth-order valence-electron chi connectivity index (χ4n) is 4.22. The molecule has 2 amide bonds. The lowest BCUT2D eigenvalue weighted by Crippen LogP contribution is -2.48. The van der Waals surface area contributed by atoms with Crippen LogP contribution in [0, 0.1) is 11.6 Å². The van der Waals surface area contributed by atoms with Crippen molar-refractivity contribution in [3.8, 4) is 11.5 Å². The van der Waals surface area contributed by atoms with Crippen LogP contribution in [0.5, 0.6) is 11.5 Å². The average molecular weight is 624 g/mol. The van der Waals surface area contributed by atoms with Crippen molar-refractivity contribution in [2.75, 3.05) is 18.4 Å². The van der Waals surface area contributed by atoms with Crippen LogP contribution in [0.4, 0.5) is 14.5 Å². The number of sulfonamides is 1. The summed E-state index contributed by atoms with van der Waals surface area (Å²) < 4.78 is 65.3. The van der Waals surface area contributed by atoms with E-state index in [1.54, 1.807) is 13.0 Å². The van der Waals surface area contributed by atoms with Crippen molar-refractivity contribution in [2.24, 2.45) is 0 Å². The minimum Gasteiger partial charge on any atom is -0.496 e. The van der Waals surface area contributed by atoms with E-state index in [4.69, 9.17) is 9.47 Å². The standard InChI is InChI=1S/C32H31F2N3O6S/c1-22(32(39)35-19-24-5-3-4-6-30(24)42-2)37(20-23-7-9-25(33)10-8-23)31(38)21-43-28-15-17-29(18-16-28)44(40,41)36-27-13-11-26(34)12-14-27/h3-18,22,36H,19-21H2,1-2H3,(H,35,39)/t22-/m1/s1. The molecule has 0 bridgehead atoms. The Bertz CT molecular complexity index is 1680. The predicted octanol–water partition coefficient (Wildman–Crippen LogP) is 4.89. The molecular weight excluding hydrogens is 592 g/mol. The van der Waals surface area contributed by atoms with Gasteiger partial charge in [-0.05, 0) is 79.2 Å². The van der Waals surface area contributed by atoms with Crippen LogP contribution in [0.3, 0.4) is 0 Å². The Morgan fingerprint density at radius 2 is 1.48 bits per heavy atom. The van der Waals surface area contributed by atoms with Gasteiger partial charge >= 0.3 is 0 Å². The largest absolute Gasteiger partial charge is 0.496 e. The number of ether oxygens (including phenoxy) is 2. The van der Waals surface area contributed by atoms with E-state index in [1.165, 1.54) is 72.7 Å². The van der Waals surface area contributed by atoms with Crippen molar-refractivity contribution in [1.82, 2.24) is 10.2 Å². The Balaban J connectivity index is 1.42. The SMILES string of the molecule is COc1ccccc1CNC(=O)[C@@H](C)N(Cc1ccc(F)cc1)C(=O)COc1ccc(S(=O)(=O)Nc2ccc(F)cc2)cc1. The van der Waals surface area contributed by atoms with E-state index in [9.17, 15) is 26.8 Å². The van der Waals surface area contributed by atoms with Gasteiger partial charge in [0.2, 0.25) is 5.91 Å². The van der Waals surface area contributed by atoms with E-state index < -0.39 is 46.1 Å². The van der Waals surface area contributed by atoms with E-state index in [2.05, 4.69) is 10.0 Å². The molecule has 0 fully saturated rings. The van der Waals surface area contributed by atoms with Gasteiger partial charge in [-0.3, -0.25) is 14.3 Å². The van der Waals surface area contributed by atoms with Gasteiger partial charge in [-0.1, -0.05) is 30.3 Å². The van der Waals surface area contributed by atoms with E-state index in [0.29, 0.717) is 11.3 Å². The number of para-hydroxylation sites is 1. The van der Waals surface area contributed by atoms with Crippen LogP contribution in [0.1, 0.15) is 18.1 Å². The minimum atomic E-state index is -3.96. The number of carbonyl (C=O) groups excluding carboxylic acids is 2. The molecule has 44 heavy (non-hydrogen) atoms. The predicted molar refractivity (Wildman–Crippen MR) is 160 cm³/mol. The number of anilines is 1. The molecule has 0 aromatic heterocycles. The molecule has 0 radical (unpaired) electrons. The number of benzene rings is 4. The maximum absolute atomic E-state index is 13.5. The average Bonchev–Trinajstić information content (AvgIpc) is 3.03. The first-order chi connectivity index (χ1) is 21.1. The number of amides is 2. The minimum absolute atomic E-state index is 0.0119. The second kappa shape index (κ2) is 14.5. The maximum atomic E-state index is 13.5. The molecular formula is C32H31F2N3O6S. The summed E-state index contributed by atoms with van der Waals surface area (Å²) in [6, 6.07) is 22.1. The summed E-state index contributed by atoms with van der Waals surface area (Å²) in [5.41, 5.74) is 1.56. The van der Waals surface area contributed by atoms with Crippen molar-refractivity contribution in [2.45, 2.75) is 31.0 Å². The lowest BCUT2D eigenvalue weighted by Gasteiger charge is -2.29. The molecule has 1 atom stereocenters. The normalized spacial score (nSPS) is 11.7. The highest BCUT2D eigenvalue weighted by Crippen LogP contribution is 2.21. The summed E-state index contributed by atoms with van der Waals surface area (Å²) in [5, 5.41) is 2.82. The van der Waals surface area contributed by atoms with E-state index in [0.717, 1.165) is 17.7 Å². The summed E-state index contributed by atoms with van der Waals surface area (Å²) in [6.45, 7) is 1.31. The van der Waals surface area contributed by atoms with Gasteiger partial charge in [0.25, 0.3) is 15.9 Å². The van der Waals surface area contributed by atoms with Crippen LogP contribution in [0.15, 0.2) is 102 Å². The second-order valence-corrected chi connectivity index (χ2v) is 11.4. The molecule has 4 rings (SSSR count). The number of nitrogens with zero attached hydrogens (tertiary/aromatic N) is 1. The molecule has 12 heteroatoms. The number of hydrogen-bond acceptors (Lipinski definition) is 6. The molecule has 0 aliphatic carbocycles. The highest BCUT2D eigenvalue weighted by Gasteiger charge is 2.27. The summed E-state index contributed by atoms with van der Waals surface area (Å²) in [5.74, 6) is -1.05. The highest BCUT2D eigenvalue weighted by atomic mass is 32.2. The van der Waals surface area contributed by atoms with Crippen LogP contribution < -0.4 is 19.5 Å². The van der Waals surface area contributed by atoms with Crippen LogP contribution >= 0.6 is 0 Å². The molecule has 230 valence electrons. The first-order valence-corrected chi connectivity index (χ1v) is 15.0. The number of nitrogens with one attached hydrogen (secondary N) is 2. The summed E-state index contributed by atoms with van der Waals surface area (Å²) in [7, 11) is -2.43. The number of rotatable bonds is 13.